The standard InChI is InChI=1S/C23H22BrClN2O2/c24-19-3-1-2-17-18-14-27(11-8-20(18)26-21(17)19)22(28)23(9-12-29-13-10-23)15-4-6-16(25)7-5-15/h1-7,26H,8-14H2. The average molecular weight is 474 g/mol. The Labute approximate surface area is 183 Å². The molecule has 2 aliphatic heterocycles. The van der Waals surface area contributed by atoms with Crippen molar-refractivity contribution in [2.75, 3.05) is 19.8 Å². The monoisotopic (exact) mass is 472 g/mol. The number of amides is 1. The third kappa shape index (κ3) is 3.20. The smallest absolute Gasteiger partial charge is 0.233 e. The molecule has 0 bridgehead atoms. The van der Waals surface area contributed by atoms with Gasteiger partial charge in [-0.1, -0.05) is 35.9 Å². The number of rotatable bonds is 2. The van der Waals surface area contributed by atoms with Crippen molar-refractivity contribution in [1.29, 1.82) is 0 Å². The fourth-order valence-corrected chi connectivity index (χ4v) is 5.38. The molecule has 4 nitrogen and oxygen atoms in total. The van der Waals surface area contributed by atoms with Crippen LogP contribution in [-0.4, -0.2) is 35.5 Å². The zero-order chi connectivity index (χ0) is 20.0. The normalized spacial score (nSPS) is 18.6. The molecule has 2 aliphatic rings. The second-order valence-electron chi connectivity index (χ2n) is 7.92. The van der Waals surface area contributed by atoms with Crippen LogP contribution in [0.4, 0.5) is 0 Å². The van der Waals surface area contributed by atoms with Crippen molar-refractivity contribution >= 4 is 44.3 Å². The number of halogens is 2. The summed E-state index contributed by atoms with van der Waals surface area (Å²) in [7, 11) is 0. The topological polar surface area (TPSA) is 45.3 Å². The maximum Gasteiger partial charge on any atom is 0.233 e. The summed E-state index contributed by atoms with van der Waals surface area (Å²) < 4.78 is 6.67. The summed E-state index contributed by atoms with van der Waals surface area (Å²) in [6, 6.07) is 14.0. The Kier molecular flexibility index (Phi) is 4.93. The maximum absolute atomic E-state index is 13.9. The first-order valence-electron chi connectivity index (χ1n) is 10.00. The number of H-pyrrole nitrogens is 1. The quantitative estimate of drug-likeness (QED) is 0.555. The molecule has 1 N–H and O–H groups in total. The number of hydrogen-bond donors (Lipinski definition) is 1. The molecule has 0 spiro atoms. The van der Waals surface area contributed by atoms with E-state index in [1.54, 1.807) is 0 Å². The lowest BCUT2D eigenvalue weighted by Crippen LogP contribution is -2.51. The summed E-state index contributed by atoms with van der Waals surface area (Å²) in [6.45, 7) is 2.58. The van der Waals surface area contributed by atoms with E-state index in [0.717, 1.165) is 28.5 Å². The van der Waals surface area contributed by atoms with E-state index in [0.29, 0.717) is 37.6 Å². The molecule has 5 rings (SSSR count). The summed E-state index contributed by atoms with van der Waals surface area (Å²) in [5.74, 6) is 0.207. The van der Waals surface area contributed by atoms with Crippen LogP contribution in [0, 0.1) is 0 Å². The minimum atomic E-state index is -0.535. The number of nitrogens with zero attached hydrogens (tertiary/aromatic N) is 1. The van der Waals surface area contributed by atoms with Gasteiger partial charge in [-0.15, -0.1) is 0 Å². The van der Waals surface area contributed by atoms with Gasteiger partial charge in [0.2, 0.25) is 5.91 Å². The minimum Gasteiger partial charge on any atom is -0.381 e. The highest BCUT2D eigenvalue weighted by molar-refractivity contribution is 9.10. The number of aromatic amines is 1. The van der Waals surface area contributed by atoms with Crippen LogP contribution in [0.2, 0.25) is 5.02 Å². The molecular formula is C23H22BrClN2O2. The van der Waals surface area contributed by atoms with Gasteiger partial charge in [0.1, 0.15) is 0 Å². The average Bonchev–Trinajstić information content (AvgIpc) is 3.13. The van der Waals surface area contributed by atoms with Crippen LogP contribution in [-0.2, 0) is 27.9 Å². The van der Waals surface area contributed by atoms with Crippen molar-refractivity contribution in [2.24, 2.45) is 0 Å². The first-order valence-corrected chi connectivity index (χ1v) is 11.2. The van der Waals surface area contributed by atoms with Crippen molar-refractivity contribution in [3.05, 3.63) is 68.8 Å². The van der Waals surface area contributed by atoms with Crippen LogP contribution in [0.25, 0.3) is 10.9 Å². The van der Waals surface area contributed by atoms with Crippen LogP contribution in [0.5, 0.6) is 0 Å². The summed E-state index contributed by atoms with van der Waals surface area (Å²) in [4.78, 5) is 19.5. The Morgan fingerprint density at radius 3 is 2.66 bits per heavy atom. The molecule has 0 aliphatic carbocycles. The number of carbonyl (C=O) groups is 1. The first-order chi connectivity index (χ1) is 14.1. The highest BCUT2D eigenvalue weighted by Gasteiger charge is 2.44. The number of aromatic nitrogens is 1. The highest BCUT2D eigenvalue weighted by atomic mass is 79.9. The second kappa shape index (κ2) is 7.46. The molecule has 0 unspecified atom stereocenters. The van der Waals surface area contributed by atoms with Crippen LogP contribution in [0.1, 0.15) is 29.7 Å². The lowest BCUT2D eigenvalue weighted by molar-refractivity contribution is -0.142. The third-order valence-corrected chi connectivity index (χ3v) is 7.31. The van der Waals surface area contributed by atoms with Crippen molar-refractivity contribution in [3.63, 3.8) is 0 Å². The van der Waals surface area contributed by atoms with Gasteiger partial charge in [-0.2, -0.15) is 0 Å². The maximum atomic E-state index is 13.9. The number of hydrogen-bond acceptors (Lipinski definition) is 2. The Morgan fingerprint density at radius 2 is 1.90 bits per heavy atom. The molecule has 3 heterocycles. The van der Waals surface area contributed by atoms with Gasteiger partial charge >= 0.3 is 0 Å². The molecule has 0 radical (unpaired) electrons. The molecular weight excluding hydrogens is 452 g/mol. The molecule has 3 aromatic rings. The number of nitrogens with one attached hydrogen (secondary N) is 1. The van der Waals surface area contributed by atoms with Crippen molar-refractivity contribution < 1.29 is 9.53 Å². The van der Waals surface area contributed by atoms with E-state index in [-0.39, 0.29) is 5.91 Å². The largest absolute Gasteiger partial charge is 0.381 e. The molecule has 2 aromatic carbocycles. The molecule has 150 valence electrons. The van der Waals surface area contributed by atoms with Gasteiger partial charge in [0.25, 0.3) is 0 Å². The lowest BCUT2D eigenvalue weighted by Gasteiger charge is -2.41. The van der Waals surface area contributed by atoms with Crippen LogP contribution < -0.4 is 0 Å². The molecule has 1 aromatic heterocycles. The first kappa shape index (κ1) is 19.2. The van der Waals surface area contributed by atoms with E-state index in [9.17, 15) is 4.79 Å². The van der Waals surface area contributed by atoms with E-state index in [1.807, 2.05) is 35.2 Å². The molecule has 1 saturated heterocycles. The van der Waals surface area contributed by atoms with Crippen LogP contribution >= 0.6 is 27.5 Å². The Morgan fingerprint density at radius 1 is 1.14 bits per heavy atom. The predicted octanol–water partition coefficient (Wildman–Crippen LogP) is 5.22. The van der Waals surface area contributed by atoms with E-state index >= 15 is 0 Å². The number of para-hydroxylation sites is 1. The minimum absolute atomic E-state index is 0.207. The lowest BCUT2D eigenvalue weighted by atomic mass is 9.72. The number of ether oxygens (including phenoxy) is 1. The van der Waals surface area contributed by atoms with Gasteiger partial charge in [-0.05, 0) is 52.5 Å². The van der Waals surface area contributed by atoms with Gasteiger partial charge in [0.15, 0.2) is 0 Å². The second-order valence-corrected chi connectivity index (χ2v) is 9.21. The van der Waals surface area contributed by atoms with Crippen LogP contribution in [0.15, 0.2) is 46.9 Å². The van der Waals surface area contributed by atoms with Gasteiger partial charge < -0.3 is 14.6 Å². The third-order valence-electron chi connectivity index (χ3n) is 6.40. The molecule has 1 amide bonds. The Hall–Kier alpha value is -1.82. The summed E-state index contributed by atoms with van der Waals surface area (Å²) in [5.41, 5.74) is 4.10. The van der Waals surface area contributed by atoms with E-state index in [4.69, 9.17) is 16.3 Å². The van der Waals surface area contributed by atoms with Gasteiger partial charge in [0.05, 0.1) is 10.9 Å². The zero-order valence-electron chi connectivity index (χ0n) is 16.0. The van der Waals surface area contributed by atoms with E-state index in [2.05, 4.69) is 33.0 Å². The van der Waals surface area contributed by atoms with Gasteiger partial charge in [-0.25, -0.2) is 0 Å². The van der Waals surface area contributed by atoms with E-state index < -0.39 is 5.41 Å². The highest BCUT2D eigenvalue weighted by Crippen LogP contribution is 2.39. The summed E-state index contributed by atoms with van der Waals surface area (Å²) >= 11 is 9.75. The SMILES string of the molecule is O=C(N1CCc2[nH]c3c(Br)cccc3c2C1)C1(c2ccc(Cl)cc2)CCOCC1. The summed E-state index contributed by atoms with van der Waals surface area (Å²) in [6.07, 6.45) is 2.25. The zero-order valence-corrected chi connectivity index (χ0v) is 18.4. The van der Waals surface area contributed by atoms with Crippen molar-refractivity contribution in [2.45, 2.75) is 31.2 Å². The number of benzene rings is 2. The van der Waals surface area contributed by atoms with E-state index in [1.165, 1.54) is 16.6 Å². The fourth-order valence-electron chi connectivity index (χ4n) is 4.79. The Balaban J connectivity index is 1.51. The van der Waals surface area contributed by atoms with Gasteiger partial charge in [0, 0.05) is 58.9 Å². The molecule has 0 atom stereocenters. The van der Waals surface area contributed by atoms with Crippen molar-refractivity contribution in [3.8, 4) is 0 Å². The molecule has 29 heavy (non-hydrogen) atoms. The molecule has 0 saturated carbocycles. The van der Waals surface area contributed by atoms with Crippen LogP contribution in [0.3, 0.4) is 0 Å². The predicted molar refractivity (Wildman–Crippen MR) is 118 cm³/mol. The molecule has 6 heteroatoms. The number of carbonyl (C=O) groups excluding carboxylic acids is 1. The molecule has 1 fully saturated rings. The fraction of sp³-hybridized carbons (Fsp3) is 0.348. The summed E-state index contributed by atoms with van der Waals surface area (Å²) in [5, 5.41) is 1.88. The number of fused-ring (bicyclic) bond motifs is 3. The Bertz CT molecular complexity index is 1070. The van der Waals surface area contributed by atoms with Gasteiger partial charge in [-0.3, -0.25) is 4.79 Å². The van der Waals surface area contributed by atoms with Crippen molar-refractivity contribution in [1.82, 2.24) is 9.88 Å².